The number of nitrogens with zero attached hydrogens (tertiary/aromatic N) is 1. The lowest BCUT2D eigenvalue weighted by Crippen LogP contribution is -3.00. The van der Waals surface area contributed by atoms with Crippen molar-refractivity contribution in [2.24, 2.45) is 0 Å². The lowest BCUT2D eigenvalue weighted by Gasteiger charge is -2.51. The minimum atomic E-state index is -0.0865. The molecule has 6 heteroatoms. The maximum absolute atomic E-state index is 10.6. The van der Waals surface area contributed by atoms with E-state index in [1.54, 1.807) is 18.2 Å². The molecule has 2 atom stereocenters. The maximum Gasteiger partial charge on any atom is 0.166 e. The minimum absolute atomic E-state index is 0. The van der Waals surface area contributed by atoms with Gasteiger partial charge in [-0.3, -0.25) is 0 Å². The second kappa shape index (κ2) is 9.82. The summed E-state index contributed by atoms with van der Waals surface area (Å²) in [5, 5.41) is 41.0. The first kappa shape index (κ1) is 25.2. The Balaban J connectivity index is 0.00000306. The molecule has 0 aliphatic carbocycles. The summed E-state index contributed by atoms with van der Waals surface area (Å²) in [5.41, 5.74) is 6.68. The number of phenols is 4. The fraction of sp³-hybridized carbons (Fsp3) is 0.407. The number of halogens is 1. The summed E-state index contributed by atoms with van der Waals surface area (Å²) in [7, 11) is 0. The molecule has 5 nitrogen and oxygen atoms in total. The molecule has 0 unspecified atom stereocenters. The van der Waals surface area contributed by atoms with Gasteiger partial charge in [0.2, 0.25) is 0 Å². The molecule has 0 spiro atoms. The third-order valence-corrected chi connectivity index (χ3v) is 7.22. The van der Waals surface area contributed by atoms with Crippen molar-refractivity contribution in [3.05, 3.63) is 69.8 Å². The van der Waals surface area contributed by atoms with Crippen LogP contribution in [0.1, 0.15) is 61.9 Å². The Morgan fingerprint density at radius 3 is 2.42 bits per heavy atom. The highest BCUT2D eigenvalue weighted by molar-refractivity contribution is 5.52. The van der Waals surface area contributed by atoms with Gasteiger partial charge in [0.15, 0.2) is 23.0 Å². The van der Waals surface area contributed by atoms with Crippen LogP contribution in [0.25, 0.3) is 0 Å². The molecule has 0 fully saturated rings. The van der Waals surface area contributed by atoms with Crippen LogP contribution in [-0.4, -0.2) is 38.0 Å². The monoisotopic (exact) mass is 515 g/mol. The lowest BCUT2D eigenvalue weighted by molar-refractivity contribution is -0.968. The summed E-state index contributed by atoms with van der Waals surface area (Å²) in [4.78, 5) is 0. The number of hydrogen-bond donors (Lipinski definition) is 4. The van der Waals surface area contributed by atoms with Crippen molar-refractivity contribution in [3.8, 4) is 23.0 Å². The van der Waals surface area contributed by atoms with Gasteiger partial charge in [0.05, 0.1) is 18.7 Å². The van der Waals surface area contributed by atoms with E-state index in [0.29, 0.717) is 13.0 Å². The molecule has 0 amide bonds. The van der Waals surface area contributed by atoms with E-state index in [1.165, 1.54) is 11.1 Å². The van der Waals surface area contributed by atoms with Crippen LogP contribution in [0.5, 0.6) is 23.0 Å². The van der Waals surface area contributed by atoms with Gasteiger partial charge in [-0.25, -0.2) is 0 Å². The quantitative estimate of drug-likeness (QED) is 0.280. The van der Waals surface area contributed by atoms with Crippen molar-refractivity contribution >= 4 is 0 Å². The zero-order chi connectivity index (χ0) is 23.0. The molecular formula is C27H34BrNO4. The van der Waals surface area contributed by atoms with Crippen LogP contribution in [0.15, 0.2) is 47.6 Å². The number of aromatic hydroxyl groups is 4. The molecule has 33 heavy (non-hydrogen) atoms. The Kier molecular flexibility index (Phi) is 7.49. The molecule has 2 aliphatic heterocycles. The third kappa shape index (κ3) is 4.92. The zero-order valence-corrected chi connectivity index (χ0v) is 21.2. The highest BCUT2D eigenvalue weighted by atomic mass is 79.9. The summed E-state index contributed by atoms with van der Waals surface area (Å²) < 4.78 is 0.737. The maximum atomic E-state index is 10.6. The van der Waals surface area contributed by atoms with Crippen LogP contribution in [0.4, 0.5) is 0 Å². The number of fused-ring (bicyclic) bond motifs is 4. The molecular weight excluding hydrogens is 482 g/mol. The van der Waals surface area contributed by atoms with E-state index in [0.717, 1.165) is 59.1 Å². The second-order valence-electron chi connectivity index (χ2n) is 9.73. The van der Waals surface area contributed by atoms with Gasteiger partial charge < -0.3 is 41.9 Å². The molecule has 0 saturated heterocycles. The van der Waals surface area contributed by atoms with E-state index < -0.39 is 0 Å². The molecule has 0 bridgehead atoms. The summed E-state index contributed by atoms with van der Waals surface area (Å²) in [5.74, 6) is -0.245. The van der Waals surface area contributed by atoms with E-state index in [-0.39, 0.29) is 46.0 Å². The number of allylic oxidation sites excluding steroid dienone is 3. The van der Waals surface area contributed by atoms with Gasteiger partial charge in [-0.1, -0.05) is 23.3 Å². The fourth-order valence-corrected chi connectivity index (χ4v) is 5.32. The van der Waals surface area contributed by atoms with Crippen molar-refractivity contribution in [1.82, 2.24) is 0 Å². The Hall–Kier alpha value is -2.44. The van der Waals surface area contributed by atoms with Crippen molar-refractivity contribution in [3.63, 3.8) is 0 Å². The van der Waals surface area contributed by atoms with Gasteiger partial charge in [-0.15, -0.1) is 0 Å². The lowest BCUT2D eigenvalue weighted by atomic mass is 9.80. The van der Waals surface area contributed by atoms with Crippen molar-refractivity contribution in [1.29, 1.82) is 0 Å². The topological polar surface area (TPSA) is 80.9 Å². The van der Waals surface area contributed by atoms with Gasteiger partial charge in [0.1, 0.15) is 12.6 Å². The molecule has 0 radical (unpaired) electrons. The van der Waals surface area contributed by atoms with Crippen LogP contribution in [0.3, 0.4) is 0 Å². The predicted octanol–water partition coefficient (Wildman–Crippen LogP) is 2.38. The van der Waals surface area contributed by atoms with Crippen molar-refractivity contribution in [2.75, 3.05) is 13.1 Å². The minimum Gasteiger partial charge on any atom is -1.00 e. The van der Waals surface area contributed by atoms with E-state index in [2.05, 4.69) is 32.9 Å². The Labute approximate surface area is 206 Å². The number of benzene rings is 2. The molecule has 0 aromatic heterocycles. The Bertz CT molecular complexity index is 1100. The largest absolute Gasteiger partial charge is 1.00 e. The Morgan fingerprint density at radius 2 is 1.70 bits per heavy atom. The first-order chi connectivity index (χ1) is 15.2. The normalized spacial score (nSPS) is 21.3. The van der Waals surface area contributed by atoms with Crippen molar-refractivity contribution in [2.45, 2.75) is 59.0 Å². The first-order valence-corrected chi connectivity index (χ1v) is 11.4. The van der Waals surface area contributed by atoms with Gasteiger partial charge in [-0.2, -0.15) is 0 Å². The van der Waals surface area contributed by atoms with Crippen LogP contribution < -0.4 is 17.0 Å². The van der Waals surface area contributed by atoms with E-state index in [9.17, 15) is 20.4 Å². The SMILES string of the molecule is CC(C)=CCC/C(C)=C/C[N@+]12CCc3cc(O)c(O)cc3[C@H]1Cc1ccc(O)c(O)c1C2.[Br-]. The molecule has 2 aromatic rings. The van der Waals surface area contributed by atoms with Gasteiger partial charge >= 0.3 is 0 Å². The smallest absolute Gasteiger partial charge is 0.166 e. The van der Waals surface area contributed by atoms with Gasteiger partial charge in [0.25, 0.3) is 0 Å². The number of hydrogen-bond acceptors (Lipinski definition) is 4. The summed E-state index contributed by atoms with van der Waals surface area (Å²) in [6.45, 7) is 8.73. The third-order valence-electron chi connectivity index (χ3n) is 7.22. The molecule has 0 saturated carbocycles. The van der Waals surface area contributed by atoms with Gasteiger partial charge in [-0.05, 0) is 69.0 Å². The highest BCUT2D eigenvalue weighted by Gasteiger charge is 2.46. The standard InChI is InChI=1S/C27H33NO4.BrH/c1-17(2)5-4-6-18(3)9-11-28-12-10-20-14-25(30)26(31)15-21(20)23(28)13-19-7-8-24(29)27(32)22(19)16-28;/h5,7-9,14-15,23H,4,6,10-13,16H2,1-3H3,(H3-,29,30,31,32);1H/b18-9+;/t23-,28-;/m1./s1. The molecule has 4 rings (SSSR count). The van der Waals surface area contributed by atoms with Crippen LogP contribution in [-0.2, 0) is 19.4 Å². The van der Waals surface area contributed by atoms with Crippen LogP contribution in [0.2, 0.25) is 0 Å². The number of phenolic OH excluding ortho intramolecular Hbond substituents is 4. The fourth-order valence-electron chi connectivity index (χ4n) is 5.32. The van der Waals surface area contributed by atoms with Crippen LogP contribution in [0, 0.1) is 0 Å². The predicted molar refractivity (Wildman–Crippen MR) is 126 cm³/mol. The highest BCUT2D eigenvalue weighted by Crippen LogP contribution is 2.49. The first-order valence-electron chi connectivity index (χ1n) is 11.4. The van der Waals surface area contributed by atoms with E-state index >= 15 is 0 Å². The van der Waals surface area contributed by atoms with Crippen LogP contribution >= 0.6 is 0 Å². The zero-order valence-electron chi connectivity index (χ0n) is 19.6. The second-order valence-corrected chi connectivity index (χ2v) is 9.73. The van der Waals surface area contributed by atoms with E-state index in [4.69, 9.17) is 0 Å². The Morgan fingerprint density at radius 1 is 0.970 bits per heavy atom. The molecule has 178 valence electrons. The molecule has 2 heterocycles. The average Bonchev–Trinajstić information content (AvgIpc) is 2.75. The average molecular weight is 516 g/mol. The van der Waals surface area contributed by atoms with Crippen molar-refractivity contribution < 1.29 is 41.9 Å². The molecule has 2 aliphatic rings. The van der Waals surface area contributed by atoms with E-state index in [1.807, 2.05) is 6.07 Å². The summed E-state index contributed by atoms with van der Waals surface area (Å²) in [6.07, 6.45) is 8.13. The van der Waals surface area contributed by atoms with Gasteiger partial charge in [0, 0.05) is 18.4 Å². The summed E-state index contributed by atoms with van der Waals surface area (Å²) in [6, 6.07) is 6.98. The number of rotatable bonds is 5. The summed E-state index contributed by atoms with van der Waals surface area (Å²) >= 11 is 0. The molecule has 2 aromatic carbocycles. The number of quaternary nitrogens is 1. The molecule has 4 N–H and O–H groups in total.